The average Bonchev–Trinajstić information content (AvgIpc) is 2.70. The van der Waals surface area contributed by atoms with Gasteiger partial charge in [-0.05, 0) is 49.9 Å². The maximum absolute atomic E-state index is 4.37. The highest BCUT2D eigenvalue weighted by molar-refractivity contribution is 9.10. The number of hydrogen-bond acceptors (Lipinski definition) is 2. The molecule has 1 aliphatic carbocycles. The second-order valence-electron chi connectivity index (χ2n) is 3.50. The summed E-state index contributed by atoms with van der Waals surface area (Å²) in [6.07, 6.45) is 4.90. The lowest BCUT2D eigenvalue weighted by atomic mass is 10.3. The van der Waals surface area contributed by atoms with Gasteiger partial charge in [-0.1, -0.05) is 15.9 Å². The number of benzene rings is 1. The van der Waals surface area contributed by atoms with Crippen molar-refractivity contribution in [1.29, 1.82) is 0 Å². The van der Waals surface area contributed by atoms with E-state index in [1.807, 2.05) is 24.3 Å². The number of anilines is 1. The van der Waals surface area contributed by atoms with E-state index in [0.29, 0.717) is 0 Å². The van der Waals surface area contributed by atoms with E-state index < -0.39 is 0 Å². The molecular weight excluding hydrogens is 240 g/mol. The quantitative estimate of drug-likeness (QED) is 0.796. The van der Waals surface area contributed by atoms with Gasteiger partial charge >= 0.3 is 0 Å². The molecule has 0 atom stereocenters. The van der Waals surface area contributed by atoms with Crippen molar-refractivity contribution < 1.29 is 0 Å². The Morgan fingerprint density at radius 1 is 1.07 bits per heavy atom. The summed E-state index contributed by atoms with van der Waals surface area (Å²) < 4.78 is 1.09. The molecule has 0 unspecified atom stereocenters. The van der Waals surface area contributed by atoms with Gasteiger partial charge in [-0.3, -0.25) is 5.43 Å². The fourth-order valence-corrected chi connectivity index (χ4v) is 1.83. The molecule has 14 heavy (non-hydrogen) atoms. The summed E-state index contributed by atoms with van der Waals surface area (Å²) in [4.78, 5) is 0. The van der Waals surface area contributed by atoms with Crippen LogP contribution in [0.2, 0.25) is 0 Å². The van der Waals surface area contributed by atoms with Crippen molar-refractivity contribution in [1.82, 2.24) is 0 Å². The largest absolute Gasteiger partial charge is 0.279 e. The van der Waals surface area contributed by atoms with Crippen molar-refractivity contribution in [3.8, 4) is 0 Å². The number of nitrogens with zero attached hydrogens (tertiary/aromatic N) is 1. The van der Waals surface area contributed by atoms with Crippen molar-refractivity contribution in [2.75, 3.05) is 5.43 Å². The van der Waals surface area contributed by atoms with Crippen molar-refractivity contribution in [3.05, 3.63) is 28.7 Å². The number of hydrogen-bond donors (Lipinski definition) is 1. The van der Waals surface area contributed by atoms with E-state index in [9.17, 15) is 0 Å². The first-order valence-electron chi connectivity index (χ1n) is 4.91. The summed E-state index contributed by atoms with van der Waals surface area (Å²) >= 11 is 3.40. The molecule has 1 N–H and O–H groups in total. The molecule has 1 aromatic carbocycles. The van der Waals surface area contributed by atoms with Crippen molar-refractivity contribution in [2.24, 2.45) is 5.10 Å². The Labute approximate surface area is 92.5 Å². The Balaban J connectivity index is 1.97. The van der Waals surface area contributed by atoms with Gasteiger partial charge in [-0.25, -0.2) is 0 Å². The second-order valence-corrected chi connectivity index (χ2v) is 4.42. The monoisotopic (exact) mass is 252 g/mol. The van der Waals surface area contributed by atoms with E-state index in [-0.39, 0.29) is 0 Å². The van der Waals surface area contributed by atoms with Crippen LogP contribution < -0.4 is 5.43 Å². The zero-order valence-corrected chi connectivity index (χ0v) is 9.55. The first kappa shape index (κ1) is 9.71. The predicted octanol–water partition coefficient (Wildman–Crippen LogP) is 3.79. The summed E-state index contributed by atoms with van der Waals surface area (Å²) in [6, 6.07) is 8.06. The normalized spacial score (nSPS) is 15.6. The molecule has 0 bridgehead atoms. The third-order valence-electron chi connectivity index (χ3n) is 2.37. The van der Waals surface area contributed by atoms with E-state index in [1.54, 1.807) is 0 Å². The molecule has 0 radical (unpaired) electrons. The minimum Gasteiger partial charge on any atom is -0.279 e. The number of hydrazone groups is 1. The van der Waals surface area contributed by atoms with Crippen LogP contribution in [0.15, 0.2) is 33.8 Å². The molecule has 2 rings (SSSR count). The maximum atomic E-state index is 4.37. The molecule has 3 heteroatoms. The van der Waals surface area contributed by atoms with Crippen LogP contribution in [-0.4, -0.2) is 5.71 Å². The average molecular weight is 253 g/mol. The SMILES string of the molecule is Brc1ccc(NN=C2CCCC2)cc1. The van der Waals surface area contributed by atoms with Crippen molar-refractivity contribution >= 4 is 27.3 Å². The van der Waals surface area contributed by atoms with Crippen LogP contribution in [0.3, 0.4) is 0 Å². The van der Waals surface area contributed by atoms with Gasteiger partial charge in [-0.15, -0.1) is 0 Å². The lowest BCUT2D eigenvalue weighted by Crippen LogP contribution is -1.95. The van der Waals surface area contributed by atoms with Gasteiger partial charge in [0.1, 0.15) is 0 Å². The highest BCUT2D eigenvalue weighted by Gasteiger charge is 2.07. The predicted molar refractivity (Wildman–Crippen MR) is 63.7 cm³/mol. The third-order valence-corrected chi connectivity index (χ3v) is 2.90. The van der Waals surface area contributed by atoms with Crippen LogP contribution in [-0.2, 0) is 0 Å². The lowest BCUT2D eigenvalue weighted by molar-refractivity contribution is 0.886. The van der Waals surface area contributed by atoms with Crippen LogP contribution in [0.5, 0.6) is 0 Å². The van der Waals surface area contributed by atoms with E-state index in [1.165, 1.54) is 18.6 Å². The summed E-state index contributed by atoms with van der Waals surface area (Å²) in [5.41, 5.74) is 5.43. The van der Waals surface area contributed by atoms with Crippen LogP contribution >= 0.6 is 15.9 Å². The van der Waals surface area contributed by atoms with Gasteiger partial charge in [0.2, 0.25) is 0 Å². The highest BCUT2D eigenvalue weighted by Crippen LogP contribution is 2.17. The Hall–Kier alpha value is -0.830. The summed E-state index contributed by atoms with van der Waals surface area (Å²) in [6.45, 7) is 0. The smallest absolute Gasteiger partial charge is 0.0562 e. The fourth-order valence-electron chi connectivity index (χ4n) is 1.56. The second kappa shape index (κ2) is 4.60. The Morgan fingerprint density at radius 3 is 2.36 bits per heavy atom. The summed E-state index contributed by atoms with van der Waals surface area (Å²) in [7, 11) is 0. The summed E-state index contributed by atoms with van der Waals surface area (Å²) in [5.74, 6) is 0. The van der Waals surface area contributed by atoms with Gasteiger partial charge < -0.3 is 0 Å². The summed E-state index contributed by atoms with van der Waals surface area (Å²) in [5, 5.41) is 4.37. The van der Waals surface area contributed by atoms with Crippen LogP contribution in [0, 0.1) is 0 Å². The molecule has 1 aromatic rings. The van der Waals surface area contributed by atoms with Gasteiger partial charge in [0.25, 0.3) is 0 Å². The highest BCUT2D eigenvalue weighted by atomic mass is 79.9. The van der Waals surface area contributed by atoms with E-state index >= 15 is 0 Å². The van der Waals surface area contributed by atoms with Crippen LogP contribution in [0.4, 0.5) is 5.69 Å². The Morgan fingerprint density at radius 2 is 1.71 bits per heavy atom. The molecule has 74 valence electrons. The Kier molecular flexibility index (Phi) is 3.19. The fraction of sp³-hybridized carbons (Fsp3) is 0.364. The molecule has 0 spiro atoms. The van der Waals surface area contributed by atoms with Crippen molar-refractivity contribution in [2.45, 2.75) is 25.7 Å². The Bertz CT molecular complexity index is 322. The number of rotatable bonds is 2. The van der Waals surface area contributed by atoms with Gasteiger partial charge in [0.05, 0.1) is 5.69 Å². The molecule has 1 fully saturated rings. The molecule has 0 heterocycles. The molecule has 0 aromatic heterocycles. The third kappa shape index (κ3) is 2.58. The topological polar surface area (TPSA) is 24.4 Å². The molecular formula is C11H13BrN2. The van der Waals surface area contributed by atoms with Crippen LogP contribution in [0.1, 0.15) is 25.7 Å². The number of nitrogens with one attached hydrogen (secondary N) is 1. The first-order valence-corrected chi connectivity index (χ1v) is 5.71. The lowest BCUT2D eigenvalue weighted by Gasteiger charge is -2.01. The van der Waals surface area contributed by atoms with Gasteiger partial charge in [-0.2, -0.15) is 5.10 Å². The first-order chi connectivity index (χ1) is 6.84. The van der Waals surface area contributed by atoms with Gasteiger partial charge in [0.15, 0.2) is 0 Å². The molecule has 0 saturated heterocycles. The zero-order valence-electron chi connectivity index (χ0n) is 7.96. The maximum Gasteiger partial charge on any atom is 0.0562 e. The minimum absolute atomic E-state index is 1.05. The van der Waals surface area contributed by atoms with Crippen molar-refractivity contribution in [3.63, 3.8) is 0 Å². The molecule has 1 saturated carbocycles. The molecule has 0 amide bonds. The zero-order chi connectivity index (χ0) is 9.80. The number of halogens is 1. The van der Waals surface area contributed by atoms with E-state index in [0.717, 1.165) is 23.0 Å². The van der Waals surface area contributed by atoms with Crippen LogP contribution in [0.25, 0.3) is 0 Å². The molecule has 0 aliphatic heterocycles. The molecule has 1 aliphatic rings. The minimum atomic E-state index is 1.05. The van der Waals surface area contributed by atoms with E-state index in [2.05, 4.69) is 26.5 Å². The van der Waals surface area contributed by atoms with E-state index in [4.69, 9.17) is 0 Å². The standard InChI is InChI=1S/C11H13BrN2/c12-9-5-7-11(8-6-9)14-13-10-3-1-2-4-10/h5-8,14H,1-4H2. The molecule has 2 nitrogen and oxygen atoms in total. The van der Waals surface area contributed by atoms with Gasteiger partial charge in [0, 0.05) is 10.2 Å².